The number of rotatable bonds is 5. The minimum atomic E-state index is -3.58. The van der Waals surface area contributed by atoms with Gasteiger partial charge in [0.25, 0.3) is 10.0 Å². The Bertz CT molecular complexity index is 546. The molecule has 1 aromatic heterocycles. The fourth-order valence-electron chi connectivity index (χ4n) is 2.90. The Kier molecular flexibility index (Phi) is 4.51. The van der Waals surface area contributed by atoms with Crippen LogP contribution in [0.1, 0.15) is 39.0 Å². The third-order valence-corrected chi connectivity index (χ3v) is 6.28. The molecule has 1 aliphatic rings. The summed E-state index contributed by atoms with van der Waals surface area (Å²) in [6, 6.07) is 0. The number of imidazole rings is 1. The van der Waals surface area contributed by atoms with E-state index in [9.17, 15) is 8.42 Å². The van der Waals surface area contributed by atoms with Crippen molar-refractivity contribution in [2.45, 2.75) is 56.1 Å². The predicted molar refractivity (Wildman–Crippen MR) is 77.7 cm³/mol. The first kappa shape index (κ1) is 15.5. The SMILES string of the molecule is CCn1cnc(S(=O)(=O)N(C)C2(CN)CCCCC2)c1. The van der Waals surface area contributed by atoms with E-state index in [4.69, 9.17) is 5.73 Å². The van der Waals surface area contributed by atoms with E-state index in [-0.39, 0.29) is 5.03 Å². The molecule has 0 aliphatic heterocycles. The van der Waals surface area contributed by atoms with Crippen molar-refractivity contribution in [3.05, 3.63) is 12.5 Å². The van der Waals surface area contributed by atoms with Crippen LogP contribution in [-0.4, -0.2) is 41.4 Å². The standard InChI is InChI=1S/C13H24N4O2S/c1-3-17-9-12(15-11-17)20(18,19)16(2)13(10-14)7-5-4-6-8-13/h9,11H,3-8,10,14H2,1-2H3. The number of nitrogens with two attached hydrogens (primary N) is 1. The smallest absolute Gasteiger partial charge is 0.262 e. The van der Waals surface area contributed by atoms with E-state index in [0.717, 1.165) is 32.1 Å². The molecule has 2 rings (SSSR count). The van der Waals surface area contributed by atoms with E-state index >= 15 is 0 Å². The third-order valence-electron chi connectivity index (χ3n) is 4.43. The maximum absolute atomic E-state index is 12.7. The topological polar surface area (TPSA) is 81.2 Å². The first-order valence-corrected chi connectivity index (χ1v) is 8.61. The Morgan fingerprint density at radius 3 is 2.55 bits per heavy atom. The van der Waals surface area contributed by atoms with E-state index in [1.807, 2.05) is 6.92 Å². The molecule has 0 saturated heterocycles. The zero-order valence-electron chi connectivity index (χ0n) is 12.2. The van der Waals surface area contributed by atoms with Crippen LogP contribution in [0.4, 0.5) is 0 Å². The molecule has 1 heterocycles. The number of likely N-dealkylation sites (N-methyl/N-ethyl adjacent to an activating group) is 1. The molecule has 114 valence electrons. The van der Waals surface area contributed by atoms with Gasteiger partial charge >= 0.3 is 0 Å². The Morgan fingerprint density at radius 2 is 2.05 bits per heavy atom. The number of nitrogens with zero attached hydrogens (tertiary/aromatic N) is 3. The number of hydrogen-bond donors (Lipinski definition) is 1. The minimum absolute atomic E-state index is 0.111. The van der Waals surface area contributed by atoms with Crippen molar-refractivity contribution in [1.82, 2.24) is 13.9 Å². The van der Waals surface area contributed by atoms with Crippen LogP contribution in [0.15, 0.2) is 17.6 Å². The number of hydrogen-bond acceptors (Lipinski definition) is 4. The van der Waals surface area contributed by atoms with Gasteiger partial charge in [0, 0.05) is 31.9 Å². The van der Waals surface area contributed by atoms with Gasteiger partial charge in [-0.25, -0.2) is 13.4 Å². The van der Waals surface area contributed by atoms with Gasteiger partial charge < -0.3 is 10.3 Å². The lowest BCUT2D eigenvalue weighted by Gasteiger charge is -2.42. The van der Waals surface area contributed by atoms with Crippen molar-refractivity contribution < 1.29 is 8.42 Å². The Hall–Kier alpha value is -0.920. The molecule has 0 aromatic carbocycles. The molecule has 1 aromatic rings. The highest BCUT2D eigenvalue weighted by molar-refractivity contribution is 7.89. The van der Waals surface area contributed by atoms with Gasteiger partial charge in [0.1, 0.15) is 0 Å². The summed E-state index contributed by atoms with van der Waals surface area (Å²) in [6.45, 7) is 3.01. The Balaban J connectivity index is 2.32. The van der Waals surface area contributed by atoms with Crippen LogP contribution in [0.25, 0.3) is 0 Å². The molecule has 1 fully saturated rings. The molecule has 2 N–H and O–H groups in total. The van der Waals surface area contributed by atoms with Crippen LogP contribution in [0.3, 0.4) is 0 Å². The average molecular weight is 300 g/mol. The zero-order chi connectivity index (χ0) is 14.8. The normalized spacial score (nSPS) is 19.4. The van der Waals surface area contributed by atoms with E-state index in [2.05, 4.69) is 4.98 Å². The third kappa shape index (κ3) is 2.62. The highest BCUT2D eigenvalue weighted by atomic mass is 32.2. The van der Waals surface area contributed by atoms with Gasteiger partial charge in [-0.05, 0) is 19.8 Å². The van der Waals surface area contributed by atoms with Crippen molar-refractivity contribution in [3.63, 3.8) is 0 Å². The number of aryl methyl sites for hydroxylation is 1. The summed E-state index contributed by atoms with van der Waals surface area (Å²) in [5.41, 5.74) is 5.46. The lowest BCUT2D eigenvalue weighted by Crippen LogP contribution is -2.55. The molecular weight excluding hydrogens is 276 g/mol. The summed E-state index contributed by atoms with van der Waals surface area (Å²) < 4.78 is 28.7. The number of aromatic nitrogens is 2. The van der Waals surface area contributed by atoms with Gasteiger partial charge in [-0.15, -0.1) is 0 Å². The van der Waals surface area contributed by atoms with E-state index < -0.39 is 15.6 Å². The highest BCUT2D eigenvalue weighted by Crippen LogP contribution is 2.35. The molecule has 20 heavy (non-hydrogen) atoms. The van der Waals surface area contributed by atoms with Crippen molar-refractivity contribution >= 4 is 10.0 Å². The quantitative estimate of drug-likeness (QED) is 0.885. The predicted octanol–water partition coefficient (Wildman–Crippen LogP) is 1.19. The summed E-state index contributed by atoms with van der Waals surface area (Å²) in [7, 11) is -1.94. The molecule has 6 nitrogen and oxygen atoms in total. The van der Waals surface area contributed by atoms with Gasteiger partial charge in [0.15, 0.2) is 5.03 Å². The van der Waals surface area contributed by atoms with Crippen LogP contribution in [0.2, 0.25) is 0 Å². The summed E-state index contributed by atoms with van der Waals surface area (Å²) in [5, 5.41) is 0.111. The summed E-state index contributed by atoms with van der Waals surface area (Å²) in [4.78, 5) is 4.03. The van der Waals surface area contributed by atoms with Crippen LogP contribution < -0.4 is 5.73 Å². The van der Waals surface area contributed by atoms with Gasteiger partial charge in [-0.3, -0.25) is 0 Å². The summed E-state index contributed by atoms with van der Waals surface area (Å²) >= 11 is 0. The molecule has 7 heteroatoms. The molecule has 0 spiro atoms. The van der Waals surface area contributed by atoms with Crippen LogP contribution in [0.5, 0.6) is 0 Å². The van der Waals surface area contributed by atoms with Crippen molar-refractivity contribution in [2.75, 3.05) is 13.6 Å². The molecule has 0 radical (unpaired) electrons. The largest absolute Gasteiger partial charge is 0.336 e. The van der Waals surface area contributed by atoms with Gasteiger partial charge in [-0.2, -0.15) is 4.31 Å². The Labute approximate surface area is 121 Å². The molecule has 1 saturated carbocycles. The first-order valence-electron chi connectivity index (χ1n) is 7.17. The molecular formula is C13H24N4O2S. The lowest BCUT2D eigenvalue weighted by molar-refractivity contribution is 0.159. The van der Waals surface area contributed by atoms with Gasteiger partial charge in [0.05, 0.1) is 6.33 Å². The second kappa shape index (κ2) is 5.83. The van der Waals surface area contributed by atoms with E-state index in [1.54, 1.807) is 24.1 Å². The van der Waals surface area contributed by atoms with Crippen molar-refractivity contribution in [1.29, 1.82) is 0 Å². The van der Waals surface area contributed by atoms with Crippen LogP contribution in [-0.2, 0) is 16.6 Å². The van der Waals surface area contributed by atoms with Crippen molar-refractivity contribution in [3.8, 4) is 0 Å². The maximum atomic E-state index is 12.7. The first-order chi connectivity index (χ1) is 9.46. The molecule has 0 unspecified atom stereocenters. The Morgan fingerprint density at radius 1 is 1.40 bits per heavy atom. The molecule has 0 atom stereocenters. The van der Waals surface area contributed by atoms with Crippen LogP contribution in [0, 0.1) is 0 Å². The molecule has 0 amide bonds. The van der Waals surface area contributed by atoms with E-state index in [1.165, 1.54) is 4.31 Å². The minimum Gasteiger partial charge on any atom is -0.336 e. The zero-order valence-corrected chi connectivity index (χ0v) is 13.1. The maximum Gasteiger partial charge on any atom is 0.262 e. The van der Waals surface area contributed by atoms with Gasteiger partial charge in [-0.1, -0.05) is 19.3 Å². The number of sulfonamides is 1. The fourth-order valence-corrected chi connectivity index (χ4v) is 4.39. The molecule has 0 bridgehead atoms. The lowest BCUT2D eigenvalue weighted by atomic mass is 9.82. The highest BCUT2D eigenvalue weighted by Gasteiger charge is 2.42. The van der Waals surface area contributed by atoms with Crippen LogP contribution >= 0.6 is 0 Å². The summed E-state index contributed by atoms with van der Waals surface area (Å²) in [5.74, 6) is 0. The second-order valence-electron chi connectivity index (χ2n) is 5.50. The monoisotopic (exact) mass is 300 g/mol. The average Bonchev–Trinajstić information content (AvgIpc) is 2.97. The van der Waals surface area contributed by atoms with Crippen molar-refractivity contribution in [2.24, 2.45) is 5.73 Å². The van der Waals surface area contributed by atoms with Gasteiger partial charge in [0.2, 0.25) is 0 Å². The second-order valence-corrected chi connectivity index (χ2v) is 7.42. The molecule has 1 aliphatic carbocycles. The van der Waals surface area contributed by atoms with E-state index in [0.29, 0.717) is 13.1 Å². The fraction of sp³-hybridized carbons (Fsp3) is 0.769. The summed E-state index contributed by atoms with van der Waals surface area (Å²) in [6.07, 6.45) is 8.00.